The third-order valence-electron chi connectivity index (χ3n) is 4.72. The minimum Gasteiger partial charge on any atom is -1.00 e. The average molecular weight is 454 g/mol. The number of halogens is 1. The molecule has 140 valence electrons. The van der Waals surface area contributed by atoms with E-state index in [-0.39, 0.29) is 24.0 Å². The molecule has 2 rings (SSSR count). The molecule has 1 aromatic carbocycles. The lowest BCUT2D eigenvalue weighted by atomic mass is 10.1. The predicted molar refractivity (Wildman–Crippen MR) is 102 cm³/mol. The number of aryl methyl sites for hydroxylation is 1. The summed E-state index contributed by atoms with van der Waals surface area (Å²) in [6, 6.07) is 10.7. The van der Waals surface area contributed by atoms with Gasteiger partial charge >= 0.3 is 0 Å². The molecule has 0 amide bonds. The molecule has 1 heterocycles. The summed E-state index contributed by atoms with van der Waals surface area (Å²) in [5, 5.41) is 0. The number of hydrogen-bond donors (Lipinski definition) is 0. The van der Waals surface area contributed by atoms with Crippen molar-refractivity contribution in [1.29, 1.82) is 0 Å². The molecule has 0 aliphatic rings. The van der Waals surface area contributed by atoms with Crippen molar-refractivity contribution in [2.24, 2.45) is 0 Å². The molecule has 0 N–H and O–H groups in total. The molecule has 3 heteroatoms. The van der Waals surface area contributed by atoms with Gasteiger partial charge in [-0.25, -0.2) is 9.13 Å². The smallest absolute Gasteiger partial charge is 0.244 e. The van der Waals surface area contributed by atoms with E-state index < -0.39 is 0 Å². The molecule has 0 spiro atoms. The van der Waals surface area contributed by atoms with Crippen molar-refractivity contribution >= 4 is 0 Å². The molecule has 25 heavy (non-hydrogen) atoms. The Labute approximate surface area is 171 Å². The molecular formula is C22H35IN2. The first-order valence-electron chi connectivity index (χ1n) is 9.97. The Kier molecular flexibility index (Phi) is 12.7. The Morgan fingerprint density at radius 2 is 1.40 bits per heavy atom. The third kappa shape index (κ3) is 10.0. The van der Waals surface area contributed by atoms with Gasteiger partial charge in [0.15, 0.2) is 0 Å². The minimum atomic E-state index is 0. The highest BCUT2D eigenvalue weighted by atomic mass is 127. The zero-order chi connectivity index (χ0) is 16.9. The fourth-order valence-electron chi connectivity index (χ4n) is 3.24. The van der Waals surface area contributed by atoms with Crippen LogP contribution in [0.3, 0.4) is 0 Å². The van der Waals surface area contributed by atoms with Crippen LogP contribution in [0.25, 0.3) is 0 Å². The van der Waals surface area contributed by atoms with Gasteiger partial charge < -0.3 is 24.0 Å². The largest absolute Gasteiger partial charge is 1.00 e. The minimum absolute atomic E-state index is 0. The number of rotatable bonds is 13. The van der Waals surface area contributed by atoms with Crippen LogP contribution in [0.4, 0.5) is 0 Å². The van der Waals surface area contributed by atoms with Gasteiger partial charge in [-0.2, -0.15) is 0 Å². The molecule has 0 radical (unpaired) electrons. The van der Waals surface area contributed by atoms with Gasteiger partial charge in [0.1, 0.15) is 18.9 Å². The first kappa shape index (κ1) is 22.2. The summed E-state index contributed by atoms with van der Waals surface area (Å²) in [7, 11) is 0. The molecule has 0 saturated heterocycles. The number of aromatic nitrogens is 2. The monoisotopic (exact) mass is 454 g/mol. The van der Waals surface area contributed by atoms with Gasteiger partial charge in [-0.05, 0) is 18.4 Å². The lowest BCUT2D eigenvalue weighted by molar-refractivity contribution is -0.687. The highest BCUT2D eigenvalue weighted by Crippen LogP contribution is 2.10. The lowest BCUT2D eigenvalue weighted by Gasteiger charge is -2.01. The molecule has 0 saturated carbocycles. The number of nitrogens with zero attached hydrogens (tertiary/aromatic N) is 2. The maximum Gasteiger partial charge on any atom is 0.244 e. The molecule has 0 atom stereocenters. The third-order valence-corrected chi connectivity index (χ3v) is 4.72. The summed E-state index contributed by atoms with van der Waals surface area (Å²) < 4.78 is 4.60. The van der Waals surface area contributed by atoms with Crippen LogP contribution in [-0.4, -0.2) is 4.57 Å². The summed E-state index contributed by atoms with van der Waals surface area (Å²) in [6.07, 6.45) is 20.6. The Morgan fingerprint density at radius 3 is 2.04 bits per heavy atom. The highest BCUT2D eigenvalue weighted by Gasteiger charge is 2.04. The normalized spacial score (nSPS) is 10.6. The first-order chi connectivity index (χ1) is 11.9. The molecule has 0 unspecified atom stereocenters. The van der Waals surface area contributed by atoms with Crippen molar-refractivity contribution in [3.8, 4) is 0 Å². The second kappa shape index (κ2) is 14.3. The number of imidazole rings is 1. The fourth-order valence-corrected chi connectivity index (χ4v) is 3.24. The molecule has 2 aromatic rings. The summed E-state index contributed by atoms with van der Waals surface area (Å²) >= 11 is 0. The van der Waals surface area contributed by atoms with Crippen LogP contribution in [0.1, 0.15) is 76.7 Å². The van der Waals surface area contributed by atoms with Gasteiger partial charge in [0.05, 0.1) is 6.54 Å². The van der Waals surface area contributed by atoms with Crippen LogP contribution in [-0.2, 0) is 13.1 Å². The molecule has 0 bridgehead atoms. The van der Waals surface area contributed by atoms with E-state index in [1.807, 2.05) is 0 Å². The molecular weight excluding hydrogens is 419 g/mol. The second-order valence-corrected chi connectivity index (χ2v) is 6.99. The van der Waals surface area contributed by atoms with Gasteiger partial charge in [-0.15, -0.1) is 0 Å². The summed E-state index contributed by atoms with van der Waals surface area (Å²) in [4.78, 5) is 0. The van der Waals surface area contributed by atoms with Crippen molar-refractivity contribution < 1.29 is 28.5 Å². The summed E-state index contributed by atoms with van der Waals surface area (Å²) in [5.41, 5.74) is 1.36. The van der Waals surface area contributed by atoms with Crippen molar-refractivity contribution in [1.82, 2.24) is 4.57 Å². The standard InChI is InChI=1S/C22H35N2.HI/c1-2-3-4-5-6-7-8-9-10-14-17-23-18-19-24(21-23)20-22-15-12-11-13-16-22;/h11-13,15-16,18-19,21H,2-10,14,17,20H2,1H3;1H/q+1;/p-1. The molecule has 1 aromatic heterocycles. The maximum atomic E-state index is 2.33. The number of hydrogen-bond acceptors (Lipinski definition) is 0. The Hall–Kier alpha value is -0.840. The van der Waals surface area contributed by atoms with Crippen LogP contribution in [0.5, 0.6) is 0 Å². The van der Waals surface area contributed by atoms with E-state index in [0.717, 1.165) is 13.1 Å². The lowest BCUT2D eigenvalue weighted by Crippen LogP contribution is -3.00. The predicted octanol–water partition coefficient (Wildman–Crippen LogP) is 2.75. The van der Waals surface area contributed by atoms with E-state index in [2.05, 4.69) is 65.1 Å². The average Bonchev–Trinajstić information content (AvgIpc) is 3.05. The molecule has 0 aliphatic carbocycles. The number of benzene rings is 1. The van der Waals surface area contributed by atoms with E-state index in [4.69, 9.17) is 0 Å². The fraction of sp³-hybridized carbons (Fsp3) is 0.591. The van der Waals surface area contributed by atoms with Gasteiger partial charge in [-0.1, -0.05) is 88.6 Å². The molecule has 0 aliphatic heterocycles. The van der Waals surface area contributed by atoms with Crippen molar-refractivity contribution in [3.05, 3.63) is 54.6 Å². The maximum absolute atomic E-state index is 2.33. The summed E-state index contributed by atoms with van der Waals surface area (Å²) in [5.74, 6) is 0. The van der Waals surface area contributed by atoms with Gasteiger partial charge in [-0.3, -0.25) is 0 Å². The SMILES string of the molecule is CCCCCCCCCCCCn1cc[n+](Cc2ccccc2)c1.[I-]. The van der Waals surface area contributed by atoms with Crippen LogP contribution >= 0.6 is 0 Å². The highest BCUT2D eigenvalue weighted by molar-refractivity contribution is 5.13. The first-order valence-corrected chi connectivity index (χ1v) is 9.97. The molecule has 2 nitrogen and oxygen atoms in total. The Bertz CT molecular complexity index is 536. The van der Waals surface area contributed by atoms with Gasteiger partial charge in [0.2, 0.25) is 6.33 Å². The molecule has 0 fully saturated rings. The van der Waals surface area contributed by atoms with Crippen molar-refractivity contribution in [2.75, 3.05) is 0 Å². The quantitative estimate of drug-likeness (QED) is 0.250. The van der Waals surface area contributed by atoms with Crippen molar-refractivity contribution in [3.63, 3.8) is 0 Å². The van der Waals surface area contributed by atoms with E-state index in [9.17, 15) is 0 Å². The van der Waals surface area contributed by atoms with Crippen molar-refractivity contribution in [2.45, 2.75) is 84.2 Å². The summed E-state index contributed by atoms with van der Waals surface area (Å²) in [6.45, 7) is 4.40. The van der Waals surface area contributed by atoms with Crippen LogP contribution in [0.2, 0.25) is 0 Å². The van der Waals surface area contributed by atoms with E-state index in [1.165, 1.54) is 69.8 Å². The van der Waals surface area contributed by atoms with Gasteiger partial charge in [0, 0.05) is 0 Å². The van der Waals surface area contributed by atoms with E-state index in [1.54, 1.807) is 0 Å². The van der Waals surface area contributed by atoms with Gasteiger partial charge in [0.25, 0.3) is 0 Å². The Balaban J connectivity index is 0.00000312. The van der Waals surface area contributed by atoms with Crippen LogP contribution in [0.15, 0.2) is 49.1 Å². The van der Waals surface area contributed by atoms with Crippen LogP contribution in [0, 0.1) is 0 Å². The zero-order valence-electron chi connectivity index (χ0n) is 15.9. The number of unbranched alkanes of at least 4 members (excludes halogenated alkanes) is 9. The van der Waals surface area contributed by atoms with E-state index in [0.29, 0.717) is 0 Å². The van der Waals surface area contributed by atoms with Crippen LogP contribution < -0.4 is 28.5 Å². The zero-order valence-corrected chi connectivity index (χ0v) is 18.0. The topological polar surface area (TPSA) is 8.81 Å². The van der Waals surface area contributed by atoms with E-state index >= 15 is 0 Å². The Morgan fingerprint density at radius 1 is 0.800 bits per heavy atom. The second-order valence-electron chi connectivity index (χ2n) is 6.99.